The molecule has 1 unspecified atom stereocenters. The van der Waals surface area contributed by atoms with Crippen molar-refractivity contribution in [1.29, 1.82) is 0 Å². The van der Waals surface area contributed by atoms with Crippen molar-refractivity contribution in [3.05, 3.63) is 0 Å². The molecule has 0 aromatic heterocycles. The fourth-order valence-electron chi connectivity index (χ4n) is 2.80. The molecule has 1 heterocycles. The Bertz CT molecular complexity index is 535. The number of halogens is 6. The first kappa shape index (κ1) is 23.1. The van der Waals surface area contributed by atoms with Crippen LogP contribution in [0.15, 0.2) is 0 Å². The molecule has 1 amide bonds. The zero-order valence-electron chi connectivity index (χ0n) is 14.3. The zero-order valence-corrected chi connectivity index (χ0v) is 14.3. The van der Waals surface area contributed by atoms with Gasteiger partial charge in [0.2, 0.25) is 0 Å². The summed E-state index contributed by atoms with van der Waals surface area (Å²) in [7, 11) is 21.9. The SMILES string of the molecule is [B]C1CN(C(=O)OC([B])(C(F)(F)F)C(F)(F)F)CC([B])([B])N1C(C)(C)C. The number of hydrogen-bond donors (Lipinski definition) is 0. The van der Waals surface area contributed by atoms with Gasteiger partial charge in [-0.1, -0.05) is 0 Å². The minimum Gasteiger partial charge on any atom is -0.434 e. The fraction of sp³-hybridized carbons (Fsp3) is 0.917. The average molecular weight is 375 g/mol. The van der Waals surface area contributed by atoms with E-state index in [9.17, 15) is 31.1 Å². The molecule has 1 atom stereocenters. The maximum atomic E-state index is 12.8. The number of piperazine rings is 1. The Balaban J connectivity index is 3.09. The lowest BCUT2D eigenvalue weighted by molar-refractivity contribution is -0.331. The maximum absolute atomic E-state index is 12.8. The molecule has 138 valence electrons. The van der Waals surface area contributed by atoms with E-state index in [0.29, 0.717) is 4.90 Å². The number of ether oxygens (including phenoxy) is 1. The summed E-state index contributed by atoms with van der Waals surface area (Å²) in [6.45, 7) is 3.95. The number of carbonyl (C=O) groups excluding carboxylic acids is 1. The van der Waals surface area contributed by atoms with Gasteiger partial charge in [0.25, 0.3) is 5.50 Å². The van der Waals surface area contributed by atoms with Crippen LogP contribution in [0.4, 0.5) is 31.1 Å². The number of nitrogens with zero attached hydrogens (tertiary/aromatic N) is 2. The van der Waals surface area contributed by atoms with Crippen LogP contribution in [0.3, 0.4) is 0 Å². The Hall–Kier alpha value is -0.930. The van der Waals surface area contributed by atoms with Crippen LogP contribution in [0.25, 0.3) is 0 Å². The van der Waals surface area contributed by atoms with Gasteiger partial charge in [0.1, 0.15) is 0 Å². The molecule has 4 nitrogen and oxygen atoms in total. The van der Waals surface area contributed by atoms with Crippen LogP contribution in [0, 0.1) is 0 Å². The van der Waals surface area contributed by atoms with Crippen molar-refractivity contribution in [3.8, 4) is 0 Å². The minimum atomic E-state index is -6.10. The molecule has 0 aliphatic carbocycles. The van der Waals surface area contributed by atoms with Gasteiger partial charge in [-0.3, -0.25) is 0 Å². The lowest BCUT2D eigenvalue weighted by Crippen LogP contribution is -2.73. The topological polar surface area (TPSA) is 32.8 Å². The molecule has 1 aliphatic heterocycles. The van der Waals surface area contributed by atoms with Crippen molar-refractivity contribution in [1.82, 2.24) is 9.80 Å². The molecule has 8 radical (unpaired) electrons. The Kier molecular flexibility index (Phi) is 5.86. The van der Waals surface area contributed by atoms with E-state index in [4.69, 9.17) is 23.5 Å². The lowest BCUT2D eigenvalue weighted by atomic mass is 9.56. The largest absolute Gasteiger partial charge is 0.434 e. The average Bonchev–Trinajstić information content (AvgIpc) is 2.31. The van der Waals surface area contributed by atoms with Gasteiger partial charge in [0.05, 0.1) is 23.5 Å². The molecule has 0 saturated carbocycles. The summed E-state index contributed by atoms with van der Waals surface area (Å²) in [6, 6.07) is 0. The van der Waals surface area contributed by atoms with Gasteiger partial charge >= 0.3 is 18.4 Å². The van der Waals surface area contributed by atoms with Crippen molar-refractivity contribution in [2.24, 2.45) is 0 Å². The Morgan fingerprint density at radius 2 is 1.50 bits per heavy atom. The molecule has 1 saturated heterocycles. The molecule has 0 bridgehead atoms. The van der Waals surface area contributed by atoms with Gasteiger partial charge in [0.15, 0.2) is 7.85 Å². The quantitative estimate of drug-likeness (QED) is 0.507. The van der Waals surface area contributed by atoms with Crippen LogP contribution in [0.1, 0.15) is 20.8 Å². The fourth-order valence-corrected chi connectivity index (χ4v) is 2.80. The van der Waals surface area contributed by atoms with Gasteiger partial charge in [-0.25, -0.2) is 4.79 Å². The van der Waals surface area contributed by atoms with Crippen LogP contribution >= 0.6 is 0 Å². The standard InChI is InChI=1S/C12H14B4F6N2O2/c1-8(2,3)24-6(13)4-23(5-9(24,14)15)7(25)26-10(16,11(17,18)19)12(20,21)22/h6H,4-5H2,1-3H3. The molecule has 0 aromatic rings. The Morgan fingerprint density at radius 1 is 1.08 bits per heavy atom. The predicted molar refractivity (Wildman–Crippen MR) is 84.0 cm³/mol. The minimum absolute atomic E-state index is 0.450. The lowest BCUT2D eigenvalue weighted by Gasteiger charge is -2.57. The molecule has 1 aliphatic rings. The summed E-state index contributed by atoms with van der Waals surface area (Å²) in [6.07, 6.45) is -14.2. The summed E-state index contributed by atoms with van der Waals surface area (Å²) in [4.78, 5) is 13.8. The smallest absolute Gasteiger partial charge is 0.427 e. The molecular weight excluding hydrogens is 361 g/mol. The third-order valence-corrected chi connectivity index (χ3v) is 3.70. The van der Waals surface area contributed by atoms with E-state index in [0.717, 1.165) is 0 Å². The number of hydrogen-bond acceptors (Lipinski definition) is 3. The van der Waals surface area contributed by atoms with E-state index in [2.05, 4.69) is 12.6 Å². The van der Waals surface area contributed by atoms with E-state index in [1.807, 2.05) is 0 Å². The van der Waals surface area contributed by atoms with E-state index in [1.165, 1.54) is 4.90 Å². The monoisotopic (exact) mass is 376 g/mol. The summed E-state index contributed by atoms with van der Waals surface area (Å²) in [5.41, 5.74) is -5.89. The summed E-state index contributed by atoms with van der Waals surface area (Å²) in [5.74, 6) is -1.07. The van der Waals surface area contributed by atoms with E-state index in [1.54, 1.807) is 20.8 Å². The normalized spacial score (nSPS) is 23.0. The highest BCUT2D eigenvalue weighted by atomic mass is 19.4. The van der Waals surface area contributed by atoms with Crippen molar-refractivity contribution in [2.75, 3.05) is 13.1 Å². The highest BCUT2D eigenvalue weighted by Crippen LogP contribution is 2.44. The molecule has 1 fully saturated rings. The first-order valence-electron chi connectivity index (χ1n) is 7.27. The third kappa shape index (κ3) is 4.31. The van der Waals surface area contributed by atoms with E-state index < -0.39 is 53.9 Å². The van der Waals surface area contributed by atoms with Gasteiger partial charge in [-0.15, -0.1) is 0 Å². The maximum Gasteiger partial charge on any atom is 0.427 e. The molecule has 0 N–H and O–H groups in total. The molecule has 0 aromatic carbocycles. The zero-order chi connectivity index (χ0) is 20.9. The third-order valence-electron chi connectivity index (χ3n) is 3.70. The molecule has 1 rings (SSSR count). The number of amides is 1. The van der Waals surface area contributed by atoms with Gasteiger partial charge in [-0.2, -0.15) is 26.3 Å². The van der Waals surface area contributed by atoms with Crippen LogP contribution in [-0.2, 0) is 4.74 Å². The van der Waals surface area contributed by atoms with E-state index >= 15 is 0 Å². The Morgan fingerprint density at radius 3 is 1.81 bits per heavy atom. The summed E-state index contributed by atoms with van der Waals surface area (Å²) in [5, 5.41) is -1.83. The molecular formula is C12H14B4F6N2O2. The second kappa shape index (κ2) is 6.60. The van der Waals surface area contributed by atoms with Gasteiger partial charge < -0.3 is 14.5 Å². The van der Waals surface area contributed by atoms with Crippen molar-refractivity contribution >= 4 is 37.5 Å². The van der Waals surface area contributed by atoms with Crippen molar-refractivity contribution in [3.63, 3.8) is 0 Å². The molecule has 26 heavy (non-hydrogen) atoms. The Labute approximate surface area is 152 Å². The first-order chi connectivity index (χ1) is 11.2. The van der Waals surface area contributed by atoms with Crippen LogP contribution in [0.2, 0.25) is 0 Å². The molecule has 0 spiro atoms. The predicted octanol–water partition coefficient (Wildman–Crippen LogP) is 1.01. The number of carbonyl (C=O) groups is 1. The van der Waals surface area contributed by atoms with Crippen LogP contribution in [-0.4, -0.2) is 95.0 Å². The van der Waals surface area contributed by atoms with Gasteiger partial charge in [-0.05, 0) is 32.1 Å². The highest BCUT2D eigenvalue weighted by Gasteiger charge is 2.70. The first-order valence-corrected chi connectivity index (χ1v) is 7.27. The van der Waals surface area contributed by atoms with Gasteiger partial charge in [0, 0.05) is 18.6 Å². The highest BCUT2D eigenvalue weighted by molar-refractivity contribution is 6.40. The van der Waals surface area contributed by atoms with Crippen molar-refractivity contribution < 1.29 is 35.9 Å². The summed E-state index contributed by atoms with van der Waals surface area (Å²) >= 11 is 0. The number of rotatable bonds is 1. The van der Waals surface area contributed by atoms with Crippen molar-refractivity contribution in [2.45, 2.75) is 55.4 Å². The molecule has 14 heteroatoms. The second-order valence-electron chi connectivity index (χ2n) is 7.08. The van der Waals surface area contributed by atoms with E-state index in [-0.39, 0.29) is 0 Å². The second-order valence-corrected chi connectivity index (χ2v) is 7.08. The summed E-state index contributed by atoms with van der Waals surface area (Å²) < 4.78 is 80.1. The number of alkyl halides is 6. The van der Waals surface area contributed by atoms with Crippen LogP contribution < -0.4 is 0 Å². The van der Waals surface area contributed by atoms with Crippen LogP contribution in [0.5, 0.6) is 0 Å².